The van der Waals surface area contributed by atoms with Crippen LogP contribution in [-0.2, 0) is 11.8 Å². The number of halogens is 2. The second-order valence-corrected chi connectivity index (χ2v) is 11.4. The zero-order valence-corrected chi connectivity index (χ0v) is 24.2. The van der Waals surface area contributed by atoms with Crippen molar-refractivity contribution in [1.29, 1.82) is 0 Å². The van der Waals surface area contributed by atoms with Crippen LogP contribution in [0.3, 0.4) is 0 Å². The maximum absolute atomic E-state index is 12.7. The first kappa shape index (κ1) is 26.5. The number of nitrogens with one attached hydrogen (secondary N) is 1. The van der Waals surface area contributed by atoms with Crippen molar-refractivity contribution in [3.05, 3.63) is 94.3 Å². The van der Waals surface area contributed by atoms with E-state index in [9.17, 15) is 4.79 Å². The summed E-state index contributed by atoms with van der Waals surface area (Å²) in [5.41, 5.74) is 5.10. The highest BCUT2D eigenvalue weighted by Gasteiger charge is 2.18. The Hall–Kier alpha value is -3.76. The van der Waals surface area contributed by atoms with Gasteiger partial charge in [0.25, 0.3) is 0 Å². The molecule has 1 amide bonds. The van der Waals surface area contributed by atoms with Crippen LogP contribution in [0.25, 0.3) is 44.8 Å². The van der Waals surface area contributed by atoms with Gasteiger partial charge in [-0.15, -0.1) is 21.5 Å². The van der Waals surface area contributed by atoms with E-state index in [1.165, 1.54) is 23.1 Å². The Morgan fingerprint density at radius 2 is 1.73 bits per heavy atom. The number of hydrogen-bond donors (Lipinski definition) is 1. The van der Waals surface area contributed by atoms with E-state index < -0.39 is 0 Å². The molecule has 40 heavy (non-hydrogen) atoms. The number of amides is 1. The molecule has 0 radical (unpaired) electrons. The van der Waals surface area contributed by atoms with Crippen LogP contribution in [0.4, 0.5) is 5.13 Å². The van der Waals surface area contributed by atoms with E-state index in [-0.39, 0.29) is 11.7 Å². The molecule has 0 fully saturated rings. The molecule has 6 rings (SSSR count). The number of para-hydroxylation sites is 1. The summed E-state index contributed by atoms with van der Waals surface area (Å²) in [5.74, 6) is 0.649. The molecule has 0 spiro atoms. The third kappa shape index (κ3) is 5.46. The van der Waals surface area contributed by atoms with E-state index in [0.29, 0.717) is 31.9 Å². The fourth-order valence-corrected chi connectivity index (χ4v) is 6.17. The molecule has 0 bridgehead atoms. The number of carbonyl (C=O) groups excluding carboxylic acids is 1. The molecule has 11 heteroatoms. The van der Waals surface area contributed by atoms with Gasteiger partial charge in [0.2, 0.25) is 5.91 Å². The molecule has 0 aliphatic heterocycles. The van der Waals surface area contributed by atoms with Crippen LogP contribution >= 0.6 is 46.3 Å². The minimum Gasteiger partial charge on any atom is -0.305 e. The van der Waals surface area contributed by atoms with Crippen LogP contribution in [0.2, 0.25) is 10.0 Å². The van der Waals surface area contributed by atoms with Crippen molar-refractivity contribution < 1.29 is 4.79 Å². The number of aromatic nitrogens is 5. The van der Waals surface area contributed by atoms with Crippen molar-refractivity contribution >= 4 is 68.2 Å². The summed E-state index contributed by atoms with van der Waals surface area (Å²) >= 11 is 14.9. The highest BCUT2D eigenvalue weighted by molar-refractivity contribution is 7.99. The van der Waals surface area contributed by atoms with Crippen LogP contribution in [0.1, 0.15) is 0 Å². The average Bonchev–Trinajstić information content (AvgIpc) is 3.57. The van der Waals surface area contributed by atoms with E-state index in [1.807, 2.05) is 83.7 Å². The van der Waals surface area contributed by atoms with Crippen molar-refractivity contribution in [3.8, 4) is 33.9 Å². The number of anilines is 1. The molecule has 0 aliphatic carbocycles. The van der Waals surface area contributed by atoms with Gasteiger partial charge in [-0.25, -0.2) is 9.97 Å². The third-order valence-electron chi connectivity index (χ3n) is 6.15. The molecule has 198 valence electrons. The number of hydrogen-bond acceptors (Lipinski definition) is 7. The van der Waals surface area contributed by atoms with Gasteiger partial charge in [0, 0.05) is 39.5 Å². The summed E-state index contributed by atoms with van der Waals surface area (Å²) in [6, 6.07) is 25.3. The standard InChI is InChI=1S/C29H20Cl2N6OS2/c1-37-27(21-14-24(17-7-3-2-4-8-17)32-23-10-6-5-9-19(21)23)35-36-29(37)40-16-26(38)34-28-33-25(15-39-28)20-12-11-18(30)13-22(20)31/h2-15H,16H2,1H3,(H,33,34,38). The zero-order valence-electron chi connectivity index (χ0n) is 21.0. The minimum absolute atomic E-state index is 0.148. The van der Waals surface area contributed by atoms with Gasteiger partial charge in [0.1, 0.15) is 0 Å². The molecule has 3 aromatic carbocycles. The molecule has 0 saturated heterocycles. The van der Waals surface area contributed by atoms with Gasteiger partial charge < -0.3 is 9.88 Å². The fourth-order valence-electron chi connectivity index (χ4n) is 4.23. The van der Waals surface area contributed by atoms with Crippen LogP contribution in [0.15, 0.2) is 89.4 Å². The lowest BCUT2D eigenvalue weighted by Crippen LogP contribution is -2.14. The molecular formula is C29H20Cl2N6OS2. The number of benzene rings is 3. The Labute approximate surface area is 248 Å². The number of carbonyl (C=O) groups is 1. The lowest BCUT2D eigenvalue weighted by Gasteiger charge is -2.10. The summed E-state index contributed by atoms with van der Waals surface area (Å²) in [6.45, 7) is 0. The Bertz CT molecular complexity index is 1850. The van der Waals surface area contributed by atoms with Crippen molar-refractivity contribution in [2.45, 2.75) is 5.16 Å². The van der Waals surface area contributed by atoms with Crippen molar-refractivity contribution in [3.63, 3.8) is 0 Å². The molecule has 0 atom stereocenters. The SMILES string of the molecule is Cn1c(SCC(=O)Nc2nc(-c3ccc(Cl)cc3Cl)cs2)nnc1-c1cc(-c2ccccc2)nc2ccccc12. The number of nitrogens with zero attached hydrogens (tertiary/aromatic N) is 5. The predicted molar refractivity (Wildman–Crippen MR) is 164 cm³/mol. The van der Waals surface area contributed by atoms with Gasteiger partial charge in [0.05, 0.1) is 27.7 Å². The van der Waals surface area contributed by atoms with Gasteiger partial charge in [-0.1, -0.05) is 83.5 Å². The van der Waals surface area contributed by atoms with E-state index in [0.717, 1.165) is 33.3 Å². The smallest absolute Gasteiger partial charge is 0.236 e. The number of pyridine rings is 1. The van der Waals surface area contributed by atoms with E-state index in [1.54, 1.807) is 12.1 Å². The minimum atomic E-state index is -0.196. The second kappa shape index (κ2) is 11.4. The molecular weight excluding hydrogens is 583 g/mol. The van der Waals surface area contributed by atoms with Crippen molar-refractivity contribution in [2.24, 2.45) is 7.05 Å². The second-order valence-electron chi connectivity index (χ2n) is 8.80. The fraction of sp³-hybridized carbons (Fsp3) is 0.0690. The Morgan fingerprint density at radius 1 is 0.925 bits per heavy atom. The largest absolute Gasteiger partial charge is 0.305 e. The van der Waals surface area contributed by atoms with Gasteiger partial charge in [-0.2, -0.15) is 0 Å². The summed E-state index contributed by atoms with van der Waals surface area (Å²) in [4.78, 5) is 22.1. The van der Waals surface area contributed by atoms with Gasteiger partial charge in [-0.3, -0.25) is 4.79 Å². The molecule has 0 saturated carbocycles. The Kier molecular flexibility index (Phi) is 7.53. The van der Waals surface area contributed by atoms with Gasteiger partial charge in [-0.05, 0) is 30.3 Å². The van der Waals surface area contributed by atoms with Crippen molar-refractivity contribution in [1.82, 2.24) is 24.7 Å². The monoisotopic (exact) mass is 602 g/mol. The Balaban J connectivity index is 1.19. The van der Waals surface area contributed by atoms with Crippen LogP contribution in [-0.4, -0.2) is 36.4 Å². The first-order valence-corrected chi connectivity index (χ1v) is 14.8. The summed E-state index contributed by atoms with van der Waals surface area (Å²) in [5, 5.41) is 16.7. The lowest BCUT2D eigenvalue weighted by molar-refractivity contribution is -0.113. The average molecular weight is 604 g/mol. The molecule has 0 unspecified atom stereocenters. The van der Waals surface area contributed by atoms with Crippen LogP contribution < -0.4 is 5.32 Å². The van der Waals surface area contributed by atoms with E-state index in [2.05, 4.69) is 20.5 Å². The van der Waals surface area contributed by atoms with E-state index in [4.69, 9.17) is 28.2 Å². The molecule has 6 aromatic rings. The number of rotatable bonds is 7. The topological polar surface area (TPSA) is 85.6 Å². The molecule has 1 N–H and O–H groups in total. The highest BCUT2D eigenvalue weighted by atomic mass is 35.5. The first-order chi connectivity index (χ1) is 19.5. The molecule has 0 aliphatic rings. The first-order valence-electron chi connectivity index (χ1n) is 12.1. The highest BCUT2D eigenvalue weighted by Crippen LogP contribution is 2.34. The summed E-state index contributed by atoms with van der Waals surface area (Å²) in [6.07, 6.45) is 0. The maximum Gasteiger partial charge on any atom is 0.236 e. The van der Waals surface area contributed by atoms with Gasteiger partial charge in [0.15, 0.2) is 16.1 Å². The molecule has 7 nitrogen and oxygen atoms in total. The third-order valence-corrected chi connectivity index (χ3v) is 8.48. The number of thioether (sulfide) groups is 1. The predicted octanol–water partition coefficient (Wildman–Crippen LogP) is 7.86. The maximum atomic E-state index is 12.7. The molecule has 3 aromatic heterocycles. The van der Waals surface area contributed by atoms with Gasteiger partial charge >= 0.3 is 0 Å². The van der Waals surface area contributed by atoms with Crippen LogP contribution in [0.5, 0.6) is 0 Å². The summed E-state index contributed by atoms with van der Waals surface area (Å²) in [7, 11) is 1.90. The normalized spacial score (nSPS) is 11.2. The number of fused-ring (bicyclic) bond motifs is 1. The zero-order chi connectivity index (χ0) is 27.6. The quantitative estimate of drug-likeness (QED) is 0.187. The number of thiazole rings is 1. The van der Waals surface area contributed by atoms with Crippen molar-refractivity contribution in [2.75, 3.05) is 11.1 Å². The summed E-state index contributed by atoms with van der Waals surface area (Å²) < 4.78 is 1.90. The van der Waals surface area contributed by atoms with Crippen LogP contribution in [0, 0.1) is 0 Å². The Morgan fingerprint density at radius 3 is 2.55 bits per heavy atom. The molecule has 3 heterocycles. The lowest BCUT2D eigenvalue weighted by atomic mass is 10.0. The van der Waals surface area contributed by atoms with E-state index >= 15 is 0 Å².